The van der Waals surface area contributed by atoms with E-state index in [1.54, 1.807) is 0 Å². The van der Waals surface area contributed by atoms with Crippen molar-refractivity contribution in [2.75, 3.05) is 6.54 Å². The van der Waals surface area contributed by atoms with Crippen molar-refractivity contribution in [2.45, 2.75) is 23.3 Å². The molecule has 1 N–H and O–H groups in total. The van der Waals surface area contributed by atoms with Crippen LogP contribution in [0.5, 0.6) is 0 Å². The van der Waals surface area contributed by atoms with Gasteiger partial charge in [0.25, 0.3) is 0 Å². The first-order valence-electron chi connectivity index (χ1n) is 2.66. The first-order chi connectivity index (χ1) is 3.29. The molecule has 42 valence electrons. The van der Waals surface area contributed by atoms with Crippen molar-refractivity contribution in [1.82, 2.24) is 5.32 Å². The standard InChI is InChI=1S/C5H10IN/c1-4-2-5(6)3-7-4/h4-5,7H,2-3H2,1H3/t4-,5-/m1/s1. The molecule has 2 heteroatoms. The summed E-state index contributed by atoms with van der Waals surface area (Å²) >= 11 is 2.48. The molecule has 1 saturated heterocycles. The summed E-state index contributed by atoms with van der Waals surface area (Å²) in [6.07, 6.45) is 1.35. The molecule has 1 heterocycles. The molecule has 0 spiro atoms. The summed E-state index contributed by atoms with van der Waals surface area (Å²) in [5.74, 6) is 0. The predicted molar refractivity (Wildman–Crippen MR) is 39.9 cm³/mol. The van der Waals surface area contributed by atoms with Gasteiger partial charge in [0.2, 0.25) is 0 Å². The molecule has 0 bridgehead atoms. The highest BCUT2D eigenvalue weighted by molar-refractivity contribution is 14.1. The summed E-state index contributed by atoms with van der Waals surface area (Å²) in [4.78, 5) is 0. The van der Waals surface area contributed by atoms with Gasteiger partial charge in [-0.2, -0.15) is 0 Å². The largest absolute Gasteiger partial charge is 0.313 e. The Kier molecular flexibility index (Phi) is 1.92. The molecule has 1 nitrogen and oxygen atoms in total. The van der Waals surface area contributed by atoms with Gasteiger partial charge in [0.15, 0.2) is 0 Å². The molecule has 0 radical (unpaired) electrons. The number of alkyl halides is 1. The molecule has 0 saturated carbocycles. The molecule has 1 fully saturated rings. The molecule has 0 unspecified atom stereocenters. The van der Waals surface area contributed by atoms with Crippen LogP contribution in [0.25, 0.3) is 0 Å². The third kappa shape index (κ3) is 1.57. The number of nitrogens with one attached hydrogen (secondary N) is 1. The van der Waals surface area contributed by atoms with Crippen molar-refractivity contribution in [1.29, 1.82) is 0 Å². The van der Waals surface area contributed by atoms with Crippen molar-refractivity contribution in [2.24, 2.45) is 0 Å². The number of hydrogen-bond donors (Lipinski definition) is 1. The van der Waals surface area contributed by atoms with E-state index in [0.29, 0.717) is 0 Å². The first kappa shape index (κ1) is 5.82. The second kappa shape index (κ2) is 2.31. The quantitative estimate of drug-likeness (QED) is 0.468. The number of rotatable bonds is 0. The van der Waals surface area contributed by atoms with Crippen LogP contribution in [-0.4, -0.2) is 16.5 Å². The Morgan fingerprint density at radius 1 is 1.71 bits per heavy atom. The molecule has 1 aliphatic heterocycles. The summed E-state index contributed by atoms with van der Waals surface area (Å²) in [6.45, 7) is 3.44. The lowest BCUT2D eigenvalue weighted by Gasteiger charge is -1.95. The minimum absolute atomic E-state index is 0.766. The Morgan fingerprint density at radius 2 is 2.43 bits per heavy atom. The van der Waals surface area contributed by atoms with Gasteiger partial charge >= 0.3 is 0 Å². The third-order valence-electron chi connectivity index (χ3n) is 1.30. The Hall–Kier alpha value is 0.690. The summed E-state index contributed by atoms with van der Waals surface area (Å²) in [6, 6.07) is 0.766. The van der Waals surface area contributed by atoms with Crippen molar-refractivity contribution < 1.29 is 0 Å². The van der Waals surface area contributed by atoms with Crippen LogP contribution in [0, 0.1) is 0 Å². The number of halogens is 1. The van der Waals surface area contributed by atoms with E-state index in [1.807, 2.05) is 0 Å². The topological polar surface area (TPSA) is 12.0 Å². The molecule has 0 amide bonds. The van der Waals surface area contributed by atoms with Gasteiger partial charge in [-0.1, -0.05) is 22.6 Å². The highest BCUT2D eigenvalue weighted by Crippen LogP contribution is 2.13. The molecule has 0 aromatic rings. The first-order valence-corrected chi connectivity index (χ1v) is 3.91. The lowest BCUT2D eigenvalue weighted by molar-refractivity contribution is 0.665. The Morgan fingerprint density at radius 3 is 2.57 bits per heavy atom. The normalized spacial score (nSPS) is 42.0. The minimum atomic E-state index is 0.766. The molecule has 0 aromatic carbocycles. The Bertz CT molecular complexity index is 57.1. The average Bonchev–Trinajstić information content (AvgIpc) is 1.87. The van der Waals surface area contributed by atoms with Crippen LogP contribution in [0.15, 0.2) is 0 Å². The fourth-order valence-corrected chi connectivity index (χ4v) is 1.90. The monoisotopic (exact) mass is 211 g/mol. The minimum Gasteiger partial charge on any atom is -0.313 e. The molecular formula is C5H10IN. The van der Waals surface area contributed by atoms with Crippen molar-refractivity contribution in [3.8, 4) is 0 Å². The molecule has 1 rings (SSSR count). The zero-order valence-corrected chi connectivity index (χ0v) is 6.60. The van der Waals surface area contributed by atoms with Gasteiger partial charge in [-0.25, -0.2) is 0 Å². The van der Waals surface area contributed by atoms with Gasteiger partial charge in [-0.05, 0) is 13.3 Å². The van der Waals surface area contributed by atoms with Gasteiger partial charge in [0.1, 0.15) is 0 Å². The maximum Gasteiger partial charge on any atom is 0.0249 e. The lowest BCUT2D eigenvalue weighted by Crippen LogP contribution is -2.16. The maximum atomic E-state index is 3.36. The second-order valence-electron chi connectivity index (χ2n) is 2.14. The van der Waals surface area contributed by atoms with Gasteiger partial charge in [-0.3, -0.25) is 0 Å². The van der Waals surface area contributed by atoms with E-state index in [4.69, 9.17) is 0 Å². The molecule has 2 atom stereocenters. The second-order valence-corrected chi connectivity index (χ2v) is 3.90. The van der Waals surface area contributed by atoms with Crippen molar-refractivity contribution >= 4 is 22.6 Å². The third-order valence-corrected chi connectivity index (χ3v) is 2.25. The zero-order valence-electron chi connectivity index (χ0n) is 4.45. The average molecular weight is 211 g/mol. The molecular weight excluding hydrogens is 201 g/mol. The highest BCUT2D eigenvalue weighted by Gasteiger charge is 2.16. The lowest BCUT2D eigenvalue weighted by atomic mass is 10.3. The van der Waals surface area contributed by atoms with Gasteiger partial charge < -0.3 is 5.32 Å². The predicted octanol–water partition coefficient (Wildman–Crippen LogP) is 1.17. The van der Waals surface area contributed by atoms with Gasteiger partial charge in [0, 0.05) is 16.5 Å². The smallest absolute Gasteiger partial charge is 0.0249 e. The van der Waals surface area contributed by atoms with Crippen LogP contribution >= 0.6 is 22.6 Å². The summed E-state index contributed by atoms with van der Waals surface area (Å²) in [5, 5.41) is 3.36. The summed E-state index contributed by atoms with van der Waals surface area (Å²) in [5.41, 5.74) is 0. The molecule has 0 aromatic heterocycles. The fourth-order valence-electron chi connectivity index (χ4n) is 0.879. The van der Waals surface area contributed by atoms with E-state index in [0.717, 1.165) is 9.97 Å². The van der Waals surface area contributed by atoms with E-state index >= 15 is 0 Å². The van der Waals surface area contributed by atoms with Crippen LogP contribution in [0.3, 0.4) is 0 Å². The van der Waals surface area contributed by atoms with Crippen LogP contribution in [-0.2, 0) is 0 Å². The molecule has 7 heavy (non-hydrogen) atoms. The fraction of sp³-hybridized carbons (Fsp3) is 1.00. The van der Waals surface area contributed by atoms with E-state index in [2.05, 4.69) is 34.8 Å². The molecule has 1 aliphatic rings. The van der Waals surface area contributed by atoms with Crippen molar-refractivity contribution in [3.63, 3.8) is 0 Å². The van der Waals surface area contributed by atoms with Crippen LogP contribution < -0.4 is 5.32 Å². The van der Waals surface area contributed by atoms with Crippen LogP contribution in [0.1, 0.15) is 13.3 Å². The van der Waals surface area contributed by atoms with Gasteiger partial charge in [-0.15, -0.1) is 0 Å². The number of hydrogen-bond acceptors (Lipinski definition) is 1. The van der Waals surface area contributed by atoms with E-state index < -0.39 is 0 Å². The van der Waals surface area contributed by atoms with E-state index in [-0.39, 0.29) is 0 Å². The van der Waals surface area contributed by atoms with E-state index in [9.17, 15) is 0 Å². The van der Waals surface area contributed by atoms with Gasteiger partial charge in [0.05, 0.1) is 0 Å². The molecule has 0 aliphatic carbocycles. The zero-order chi connectivity index (χ0) is 5.28. The SMILES string of the molecule is C[C@@H]1C[C@@H](I)CN1. The Labute approximate surface area is 58.0 Å². The maximum absolute atomic E-state index is 3.36. The Balaban J connectivity index is 2.26. The van der Waals surface area contributed by atoms with E-state index in [1.165, 1.54) is 13.0 Å². The summed E-state index contributed by atoms with van der Waals surface area (Å²) < 4.78 is 0.882. The van der Waals surface area contributed by atoms with Crippen LogP contribution in [0.2, 0.25) is 0 Å². The van der Waals surface area contributed by atoms with Crippen LogP contribution in [0.4, 0.5) is 0 Å². The summed E-state index contributed by atoms with van der Waals surface area (Å²) in [7, 11) is 0. The van der Waals surface area contributed by atoms with Crippen molar-refractivity contribution in [3.05, 3.63) is 0 Å². The highest BCUT2D eigenvalue weighted by atomic mass is 127.